The van der Waals surface area contributed by atoms with Crippen molar-refractivity contribution in [3.63, 3.8) is 0 Å². The van der Waals surface area contributed by atoms with Crippen molar-refractivity contribution in [1.82, 2.24) is 15.6 Å². The fourth-order valence-corrected chi connectivity index (χ4v) is 3.89. The first kappa shape index (κ1) is 25.5. The Hall–Kier alpha value is -3.13. The van der Waals surface area contributed by atoms with Crippen LogP contribution in [0.3, 0.4) is 0 Å². The molecule has 0 aliphatic heterocycles. The molecule has 1 heterocycles. The lowest BCUT2D eigenvalue weighted by Crippen LogP contribution is -2.34. The Morgan fingerprint density at radius 3 is 2.24 bits per heavy atom. The average Bonchev–Trinajstić information content (AvgIpc) is 2.84. The first-order valence-corrected chi connectivity index (χ1v) is 11.9. The molecule has 1 fully saturated rings. The van der Waals surface area contributed by atoms with Crippen molar-refractivity contribution in [2.45, 2.75) is 45.6 Å². The summed E-state index contributed by atoms with van der Waals surface area (Å²) in [7, 11) is 0. The molecule has 182 valence electrons. The second kappa shape index (κ2) is 12.4. The zero-order valence-corrected chi connectivity index (χ0v) is 20.2. The number of amides is 2. The molecule has 2 aromatic rings. The summed E-state index contributed by atoms with van der Waals surface area (Å²) in [5.74, 6) is -0.256. The first-order chi connectivity index (χ1) is 16.4. The third-order valence-corrected chi connectivity index (χ3v) is 6.12. The standard InChI is InChI=1S/C25H30ClN3O5/c1-3-33-25(32)17-4-8-20(9-5-17)34-22-11-7-19(15-29-22)24(31)28-13-12-27-23(30)18-6-10-21(26)16(2)14-18/h6-7,10-11,14-15,17,20H,3-5,8-9,12-13H2,1-2H3,(H,27,30)(H,28,31). The number of halogens is 1. The molecule has 9 heteroatoms. The van der Waals surface area contributed by atoms with Crippen molar-refractivity contribution in [2.75, 3.05) is 19.7 Å². The molecule has 1 aliphatic carbocycles. The Balaban J connectivity index is 1.38. The van der Waals surface area contributed by atoms with E-state index in [0.29, 0.717) is 28.6 Å². The fraction of sp³-hybridized carbons (Fsp3) is 0.440. The number of aromatic nitrogens is 1. The number of nitrogens with one attached hydrogen (secondary N) is 2. The molecule has 1 aliphatic rings. The molecule has 2 N–H and O–H groups in total. The average molecular weight is 488 g/mol. The maximum absolute atomic E-state index is 12.3. The van der Waals surface area contributed by atoms with Crippen LogP contribution >= 0.6 is 11.6 Å². The summed E-state index contributed by atoms with van der Waals surface area (Å²) in [5, 5.41) is 6.12. The maximum atomic E-state index is 12.3. The van der Waals surface area contributed by atoms with Gasteiger partial charge < -0.3 is 20.1 Å². The summed E-state index contributed by atoms with van der Waals surface area (Å²) in [6.45, 7) is 4.61. The number of nitrogens with zero attached hydrogens (tertiary/aromatic N) is 1. The van der Waals surface area contributed by atoms with E-state index in [9.17, 15) is 14.4 Å². The Labute approximate surface area is 204 Å². The van der Waals surface area contributed by atoms with Crippen molar-refractivity contribution in [3.8, 4) is 5.88 Å². The summed E-state index contributed by atoms with van der Waals surface area (Å²) in [4.78, 5) is 40.6. The number of hydrogen-bond acceptors (Lipinski definition) is 6. The van der Waals surface area contributed by atoms with E-state index in [1.54, 1.807) is 30.3 Å². The van der Waals surface area contributed by atoms with Crippen LogP contribution in [0.1, 0.15) is 58.9 Å². The van der Waals surface area contributed by atoms with E-state index in [4.69, 9.17) is 21.1 Å². The van der Waals surface area contributed by atoms with Gasteiger partial charge in [0.1, 0.15) is 6.10 Å². The molecule has 0 bridgehead atoms. The number of benzene rings is 1. The third-order valence-electron chi connectivity index (χ3n) is 5.70. The minimum atomic E-state index is -0.286. The Kier molecular flexibility index (Phi) is 9.27. The molecule has 0 spiro atoms. The van der Waals surface area contributed by atoms with E-state index in [2.05, 4.69) is 15.6 Å². The molecule has 1 aromatic heterocycles. The largest absolute Gasteiger partial charge is 0.474 e. The molecule has 0 atom stereocenters. The first-order valence-electron chi connectivity index (χ1n) is 11.5. The van der Waals surface area contributed by atoms with Gasteiger partial charge in [-0.2, -0.15) is 0 Å². The van der Waals surface area contributed by atoms with Crippen molar-refractivity contribution < 1.29 is 23.9 Å². The molecule has 0 saturated heterocycles. The highest BCUT2D eigenvalue weighted by Crippen LogP contribution is 2.28. The van der Waals surface area contributed by atoms with Crippen LogP contribution in [0.15, 0.2) is 36.5 Å². The number of aryl methyl sites for hydroxylation is 1. The molecule has 3 rings (SSSR count). The fourth-order valence-electron chi connectivity index (χ4n) is 3.77. The van der Waals surface area contributed by atoms with Crippen molar-refractivity contribution in [2.24, 2.45) is 5.92 Å². The summed E-state index contributed by atoms with van der Waals surface area (Å²) < 4.78 is 11.0. The predicted molar refractivity (Wildman–Crippen MR) is 128 cm³/mol. The van der Waals surface area contributed by atoms with Crippen LogP contribution in [0.2, 0.25) is 5.02 Å². The van der Waals surface area contributed by atoms with Crippen molar-refractivity contribution in [3.05, 3.63) is 58.2 Å². The van der Waals surface area contributed by atoms with E-state index in [1.165, 1.54) is 6.20 Å². The highest BCUT2D eigenvalue weighted by atomic mass is 35.5. The van der Waals surface area contributed by atoms with Gasteiger partial charge in [-0.1, -0.05) is 11.6 Å². The monoisotopic (exact) mass is 487 g/mol. The second-order valence-electron chi connectivity index (χ2n) is 8.20. The molecule has 1 saturated carbocycles. The van der Waals surface area contributed by atoms with Gasteiger partial charge in [-0.3, -0.25) is 14.4 Å². The zero-order chi connectivity index (χ0) is 24.5. The summed E-state index contributed by atoms with van der Waals surface area (Å²) >= 11 is 5.98. The molecule has 8 nitrogen and oxygen atoms in total. The van der Waals surface area contributed by atoms with E-state index < -0.39 is 0 Å². The van der Waals surface area contributed by atoms with Gasteiger partial charge >= 0.3 is 5.97 Å². The van der Waals surface area contributed by atoms with Crippen molar-refractivity contribution >= 4 is 29.4 Å². The Bertz CT molecular complexity index is 1000. The second-order valence-corrected chi connectivity index (χ2v) is 8.61. The van der Waals surface area contributed by atoms with Crippen LogP contribution in [0.4, 0.5) is 0 Å². The van der Waals surface area contributed by atoms with E-state index >= 15 is 0 Å². The predicted octanol–water partition coefficient (Wildman–Crippen LogP) is 3.70. The molecule has 1 aromatic carbocycles. The van der Waals surface area contributed by atoms with Crippen LogP contribution in [0.5, 0.6) is 5.88 Å². The molecule has 34 heavy (non-hydrogen) atoms. The molecular formula is C25H30ClN3O5. The topological polar surface area (TPSA) is 107 Å². The van der Waals surface area contributed by atoms with Crippen LogP contribution in [0, 0.1) is 12.8 Å². The highest BCUT2D eigenvalue weighted by Gasteiger charge is 2.28. The van der Waals surface area contributed by atoms with Gasteiger partial charge in [-0.25, -0.2) is 4.98 Å². The number of carbonyl (C=O) groups is 3. The lowest BCUT2D eigenvalue weighted by atomic mass is 9.87. The normalized spacial score (nSPS) is 17.5. The smallest absolute Gasteiger partial charge is 0.308 e. The van der Waals surface area contributed by atoms with Gasteiger partial charge in [-0.05, 0) is 69.4 Å². The van der Waals surface area contributed by atoms with E-state index in [-0.39, 0.29) is 42.9 Å². The zero-order valence-electron chi connectivity index (χ0n) is 19.4. The van der Waals surface area contributed by atoms with Crippen LogP contribution in [-0.4, -0.2) is 48.6 Å². The highest BCUT2D eigenvalue weighted by molar-refractivity contribution is 6.31. The van der Waals surface area contributed by atoms with Gasteiger partial charge in [0.15, 0.2) is 0 Å². The number of ether oxygens (including phenoxy) is 2. The van der Waals surface area contributed by atoms with Crippen LogP contribution < -0.4 is 15.4 Å². The lowest BCUT2D eigenvalue weighted by molar-refractivity contribution is -0.149. The van der Waals surface area contributed by atoms with Gasteiger partial charge in [0.2, 0.25) is 5.88 Å². The van der Waals surface area contributed by atoms with E-state index in [1.807, 2.05) is 13.8 Å². The number of rotatable bonds is 9. The van der Waals surface area contributed by atoms with Crippen molar-refractivity contribution in [1.29, 1.82) is 0 Å². The molecule has 2 amide bonds. The van der Waals surface area contributed by atoms with Gasteiger partial charge in [0, 0.05) is 35.9 Å². The minimum absolute atomic E-state index is 0.00843. The summed E-state index contributed by atoms with van der Waals surface area (Å²) in [6.07, 6.45) is 4.44. The van der Waals surface area contributed by atoms with Crippen LogP contribution in [-0.2, 0) is 9.53 Å². The third kappa shape index (κ3) is 7.18. The van der Waals surface area contributed by atoms with Gasteiger partial charge in [0.25, 0.3) is 11.8 Å². The lowest BCUT2D eigenvalue weighted by Gasteiger charge is -2.27. The number of esters is 1. The SMILES string of the molecule is CCOC(=O)C1CCC(Oc2ccc(C(=O)NCCNC(=O)c3ccc(Cl)c(C)c3)cn2)CC1. The number of hydrogen-bond donors (Lipinski definition) is 2. The van der Waals surface area contributed by atoms with E-state index in [0.717, 1.165) is 31.2 Å². The maximum Gasteiger partial charge on any atom is 0.308 e. The summed E-state index contributed by atoms with van der Waals surface area (Å²) in [6, 6.07) is 8.37. The summed E-state index contributed by atoms with van der Waals surface area (Å²) in [5.41, 5.74) is 1.74. The van der Waals surface area contributed by atoms with Gasteiger partial charge in [-0.15, -0.1) is 0 Å². The van der Waals surface area contributed by atoms with Crippen LogP contribution in [0.25, 0.3) is 0 Å². The number of carbonyl (C=O) groups excluding carboxylic acids is 3. The molecule has 0 unspecified atom stereocenters. The number of pyridine rings is 1. The minimum Gasteiger partial charge on any atom is -0.474 e. The quantitative estimate of drug-likeness (QED) is 0.412. The molecular weight excluding hydrogens is 458 g/mol. The molecule has 0 radical (unpaired) electrons. The Morgan fingerprint density at radius 2 is 1.65 bits per heavy atom. The van der Waals surface area contributed by atoms with Gasteiger partial charge in [0.05, 0.1) is 18.1 Å². The Morgan fingerprint density at radius 1 is 1.00 bits per heavy atom.